The highest BCUT2D eigenvalue weighted by molar-refractivity contribution is 8.15. The molecule has 0 amide bonds. The van der Waals surface area contributed by atoms with Crippen molar-refractivity contribution in [3.63, 3.8) is 0 Å². The predicted octanol–water partition coefficient (Wildman–Crippen LogP) is 4.32. The molecule has 20 heteroatoms. The number of thioether (sulfide) groups is 4. The van der Waals surface area contributed by atoms with Crippen molar-refractivity contribution in [1.82, 2.24) is 31.9 Å². The van der Waals surface area contributed by atoms with Crippen LogP contribution in [0.5, 0.6) is 0 Å². The zero-order valence-electron chi connectivity index (χ0n) is 43.7. The second-order valence-corrected chi connectivity index (χ2v) is 25.4. The Morgan fingerprint density at radius 1 is 0.389 bits per heavy atom. The Morgan fingerprint density at radius 2 is 0.625 bits per heavy atom. The summed E-state index contributed by atoms with van der Waals surface area (Å²) >= 11 is 14.5. The number of hydrogen-bond donors (Lipinski definition) is 14. The van der Waals surface area contributed by atoms with Gasteiger partial charge in [0.2, 0.25) is 10.2 Å². The van der Waals surface area contributed by atoms with Gasteiger partial charge in [-0.05, 0) is 132 Å². The molecule has 8 rings (SSSR count). The van der Waals surface area contributed by atoms with E-state index in [1.807, 2.05) is 103 Å². The summed E-state index contributed by atoms with van der Waals surface area (Å²) in [4.78, 5) is 23.9. The molecule has 14 nitrogen and oxygen atoms in total. The van der Waals surface area contributed by atoms with Gasteiger partial charge in [0.05, 0.1) is 36.6 Å². The molecule has 6 aliphatic carbocycles. The highest BCUT2D eigenvalue weighted by atomic mass is 32.2. The Hall–Kier alpha value is -0.600. The normalized spacial score (nSPS) is 35.5. The molecular weight excluding hydrogens is 1030 g/mol. The Labute approximate surface area is 459 Å². The minimum absolute atomic E-state index is 0.0140. The Bertz CT molecular complexity index is 1630. The second kappa shape index (κ2) is 35.7. The van der Waals surface area contributed by atoms with E-state index in [1.165, 1.54) is 23.5 Å². The molecule has 12 N–H and O–H groups in total. The molecule has 0 bridgehead atoms. The molecule has 6 fully saturated rings. The summed E-state index contributed by atoms with van der Waals surface area (Å²) in [6.07, 6.45) is 13.7. The maximum absolute atomic E-state index is 12.0. The first-order valence-corrected chi connectivity index (χ1v) is 30.9. The fraction of sp³-hybridized carbons (Fsp3) is 0.731. The monoisotopic (exact) mass is 1120 g/mol. The summed E-state index contributed by atoms with van der Waals surface area (Å²) in [6, 6.07) is 21.1. The maximum atomic E-state index is 12.0. The molecule has 18 atom stereocenters. The minimum atomic E-state index is -0.384. The van der Waals surface area contributed by atoms with Crippen LogP contribution >= 0.6 is 72.3 Å². The van der Waals surface area contributed by atoms with Gasteiger partial charge in [-0.3, -0.25) is 9.59 Å². The van der Waals surface area contributed by atoms with Gasteiger partial charge < -0.3 is 62.5 Å². The van der Waals surface area contributed by atoms with Crippen LogP contribution in [0.25, 0.3) is 0 Å². The fourth-order valence-corrected chi connectivity index (χ4v) is 14.4. The molecule has 0 heterocycles. The lowest BCUT2D eigenvalue weighted by Gasteiger charge is -2.12. The molecule has 0 unspecified atom stereocenters. The Kier molecular flexibility index (Phi) is 32.6. The van der Waals surface area contributed by atoms with Crippen LogP contribution in [0.15, 0.2) is 60.7 Å². The zero-order valence-corrected chi connectivity index (χ0v) is 48.7. The van der Waals surface area contributed by atoms with Crippen LogP contribution in [0.4, 0.5) is 0 Å². The maximum Gasteiger partial charge on any atom is 0.219 e. The minimum Gasteiger partial charge on any atom is -0.392 e. The number of nitrogens with one attached hydrogen (secondary N) is 6. The van der Waals surface area contributed by atoms with E-state index < -0.39 is 0 Å². The van der Waals surface area contributed by atoms with Crippen LogP contribution < -0.4 is 31.9 Å². The number of benzene rings is 2. The van der Waals surface area contributed by atoms with Gasteiger partial charge in [0, 0.05) is 78.9 Å². The molecule has 2 aromatic carbocycles. The third-order valence-electron chi connectivity index (χ3n) is 14.5. The Morgan fingerprint density at radius 3 is 0.819 bits per heavy atom. The van der Waals surface area contributed by atoms with E-state index in [0.29, 0.717) is 57.9 Å². The van der Waals surface area contributed by atoms with Crippen molar-refractivity contribution in [2.24, 2.45) is 0 Å². The second-order valence-electron chi connectivity index (χ2n) is 19.4. The van der Waals surface area contributed by atoms with E-state index in [0.717, 1.165) is 77.0 Å². The number of hydrogen-bond acceptors (Lipinski definition) is 20. The van der Waals surface area contributed by atoms with Crippen LogP contribution in [0.2, 0.25) is 0 Å². The first-order chi connectivity index (χ1) is 34.4. The Balaban J connectivity index is 0.000000234. The molecule has 0 aromatic heterocycles. The van der Waals surface area contributed by atoms with Gasteiger partial charge in [-0.2, -0.15) is 48.8 Å². The zero-order chi connectivity index (χ0) is 53.3. The lowest BCUT2D eigenvalue weighted by molar-refractivity contribution is 0.107. The smallest absolute Gasteiger partial charge is 0.219 e. The van der Waals surface area contributed by atoms with Gasteiger partial charge in [-0.15, -0.1) is 0 Å². The van der Waals surface area contributed by atoms with Crippen molar-refractivity contribution in [3.8, 4) is 0 Å². The lowest BCUT2D eigenvalue weighted by Crippen LogP contribution is -2.22. The van der Waals surface area contributed by atoms with Crippen LogP contribution in [0.1, 0.15) is 97.8 Å². The van der Waals surface area contributed by atoms with E-state index in [4.69, 9.17) is 0 Å². The standard InChI is InChI=1S/2C13H17NO2S.2C7H15NOS.2C6H13NOS/c2*1-14-10-7-11(15)12(8-10)17-13(16)9-5-3-2-4-6-9;2*1-8-5-3-6(9)7(4-5)10-2;2*1-7-4-2-5(8)6(9)3-4/h2*2-6,10-12,14-15H,7-8H2,1H3;2*5-9H,3-4H2,1-2H3;2*4-9H,2-3H2,1H3/t2*10-,11+,12+;2*5-,6+,7+;2*4-,5+,6+/m101010/s1. The molecular formula is C52H90N6O8S6. The predicted molar refractivity (Wildman–Crippen MR) is 313 cm³/mol. The van der Waals surface area contributed by atoms with Gasteiger partial charge in [-0.25, -0.2) is 0 Å². The number of thiol groups is 2. The SMILES string of the molecule is CN[C@@H]1C[C@H](O)[C@@H](S)C1.CN[C@H]1C[C@@H](O)[C@H](S)C1.CN[C@H]1C[C@@H](O)[C@H](SC(=O)c2ccccc2)C1.CN[C@H]1C[C@@H](O)[C@H](SC)C1.CN[C@H]1C[C@H](SC(=O)c2ccccc2)[C@@H](O)C1.CN[C@H]1C[C@H](SC)[C@@H](O)C1. The highest BCUT2D eigenvalue weighted by Crippen LogP contribution is 2.34. The highest BCUT2D eigenvalue weighted by Gasteiger charge is 2.36. The molecule has 0 aliphatic heterocycles. The first-order valence-electron chi connectivity index (χ1n) is 25.5. The lowest BCUT2D eigenvalue weighted by atomic mass is 10.2. The van der Waals surface area contributed by atoms with Crippen molar-refractivity contribution in [3.05, 3.63) is 71.8 Å². The van der Waals surface area contributed by atoms with Crippen molar-refractivity contribution < 1.29 is 40.2 Å². The fourth-order valence-electron chi connectivity index (χ4n) is 9.63. The van der Waals surface area contributed by atoms with Gasteiger partial charge in [0.1, 0.15) is 0 Å². The summed E-state index contributed by atoms with van der Waals surface area (Å²) in [5, 5.41) is 77.3. The van der Waals surface area contributed by atoms with Crippen LogP contribution in [-0.2, 0) is 0 Å². The van der Waals surface area contributed by atoms with Gasteiger partial charge in [0.25, 0.3) is 0 Å². The number of carbonyl (C=O) groups is 2. The van der Waals surface area contributed by atoms with Crippen molar-refractivity contribution >= 4 is 82.5 Å². The van der Waals surface area contributed by atoms with Gasteiger partial charge in [-0.1, -0.05) is 84.2 Å². The summed E-state index contributed by atoms with van der Waals surface area (Å²) in [7, 11) is 11.5. The van der Waals surface area contributed by atoms with Crippen LogP contribution in [-0.4, -0.2) is 200 Å². The summed E-state index contributed by atoms with van der Waals surface area (Å²) in [5.74, 6) is 0. The molecule has 0 saturated heterocycles. The third kappa shape index (κ3) is 22.8. The average Bonchev–Trinajstić information content (AvgIpc) is 4.26. The van der Waals surface area contributed by atoms with Crippen LogP contribution in [0, 0.1) is 0 Å². The quantitative estimate of drug-likeness (QED) is 0.133. The molecule has 412 valence electrons. The molecule has 0 radical (unpaired) electrons. The summed E-state index contributed by atoms with van der Waals surface area (Å²) in [6.45, 7) is 0. The van der Waals surface area contributed by atoms with Crippen molar-refractivity contribution in [2.75, 3.05) is 54.8 Å². The van der Waals surface area contributed by atoms with Gasteiger partial charge >= 0.3 is 0 Å². The van der Waals surface area contributed by atoms with E-state index in [-0.39, 0.29) is 67.9 Å². The van der Waals surface area contributed by atoms with Gasteiger partial charge in [0.15, 0.2) is 0 Å². The van der Waals surface area contributed by atoms with Crippen molar-refractivity contribution in [2.45, 2.75) is 181 Å². The summed E-state index contributed by atoms with van der Waals surface area (Å²) < 4.78 is 0. The number of aliphatic hydroxyl groups is 6. The van der Waals surface area contributed by atoms with E-state index in [2.05, 4.69) is 69.7 Å². The number of aliphatic hydroxyl groups excluding tert-OH is 6. The average molecular weight is 1120 g/mol. The number of carbonyl (C=O) groups excluding carboxylic acids is 2. The van der Waals surface area contributed by atoms with E-state index >= 15 is 0 Å². The largest absolute Gasteiger partial charge is 0.392 e. The topological polar surface area (TPSA) is 228 Å². The summed E-state index contributed by atoms with van der Waals surface area (Å²) in [5.41, 5.74) is 1.41. The van der Waals surface area contributed by atoms with E-state index in [9.17, 15) is 40.2 Å². The molecule has 72 heavy (non-hydrogen) atoms. The number of rotatable bonds is 12. The third-order valence-corrected chi connectivity index (χ3v) is 20.3. The molecule has 2 aromatic rings. The molecule has 6 saturated carbocycles. The van der Waals surface area contributed by atoms with Crippen LogP contribution in [0.3, 0.4) is 0 Å². The molecule has 6 aliphatic rings. The van der Waals surface area contributed by atoms with Crippen molar-refractivity contribution in [1.29, 1.82) is 0 Å². The van der Waals surface area contributed by atoms with E-state index in [1.54, 1.807) is 23.5 Å². The molecule has 0 spiro atoms. The first kappa shape index (κ1) is 65.7.